The van der Waals surface area contributed by atoms with Gasteiger partial charge in [-0.25, -0.2) is 9.67 Å². The molecule has 1 atom stereocenters. The van der Waals surface area contributed by atoms with Crippen molar-refractivity contribution in [2.45, 2.75) is 43.9 Å². The van der Waals surface area contributed by atoms with Crippen LogP contribution in [-0.2, 0) is 10.3 Å². The summed E-state index contributed by atoms with van der Waals surface area (Å²) in [6.07, 6.45) is 1.67. The zero-order chi connectivity index (χ0) is 20.8. The molecule has 0 radical (unpaired) electrons. The predicted molar refractivity (Wildman–Crippen MR) is 111 cm³/mol. The Morgan fingerprint density at radius 3 is 2.86 bits per heavy atom. The highest BCUT2D eigenvalue weighted by atomic mass is 32.2. The number of nitriles is 1. The van der Waals surface area contributed by atoms with Crippen molar-refractivity contribution in [1.29, 1.82) is 5.26 Å². The van der Waals surface area contributed by atoms with Crippen LogP contribution in [0.1, 0.15) is 38.8 Å². The molecule has 1 unspecified atom stereocenters. The quantitative estimate of drug-likeness (QED) is 0.668. The third-order valence-corrected chi connectivity index (χ3v) is 5.85. The number of amides is 1. The molecular weight excluding hydrogens is 388 g/mol. The lowest BCUT2D eigenvalue weighted by Crippen LogP contribution is -2.29. The summed E-state index contributed by atoms with van der Waals surface area (Å²) in [6, 6.07) is 8.60. The lowest BCUT2D eigenvalue weighted by Gasteiger charge is -2.20. The largest absolute Gasteiger partial charge is 0.325 e. The van der Waals surface area contributed by atoms with Crippen LogP contribution < -0.4 is 10.9 Å². The van der Waals surface area contributed by atoms with E-state index in [2.05, 4.69) is 21.5 Å². The maximum atomic E-state index is 13.1. The van der Waals surface area contributed by atoms with E-state index in [0.29, 0.717) is 33.2 Å². The second-order valence-electron chi connectivity index (χ2n) is 7.91. The van der Waals surface area contributed by atoms with E-state index < -0.39 is 0 Å². The number of nitrogens with zero attached hydrogens (tertiary/aromatic N) is 5. The average Bonchev–Trinajstić information content (AvgIpc) is 3.27. The molecule has 1 aliphatic rings. The molecule has 148 valence electrons. The Morgan fingerprint density at radius 2 is 2.14 bits per heavy atom. The topological polar surface area (TPSA) is 106 Å². The fourth-order valence-corrected chi connectivity index (χ4v) is 4.51. The molecule has 2 aromatic heterocycles. The number of aromatic nitrogens is 4. The second kappa shape index (κ2) is 7.04. The van der Waals surface area contributed by atoms with Crippen LogP contribution in [-0.4, -0.2) is 31.0 Å². The third kappa shape index (κ3) is 3.40. The van der Waals surface area contributed by atoms with E-state index in [1.54, 1.807) is 39.7 Å². The summed E-state index contributed by atoms with van der Waals surface area (Å²) in [5.41, 5.74) is 0.960. The maximum absolute atomic E-state index is 13.1. The zero-order valence-electron chi connectivity index (χ0n) is 16.3. The molecule has 0 bridgehead atoms. The molecule has 1 N–H and O–H groups in total. The van der Waals surface area contributed by atoms with E-state index in [0.717, 1.165) is 0 Å². The lowest BCUT2D eigenvalue weighted by atomic mass is 10.1. The van der Waals surface area contributed by atoms with Gasteiger partial charge in [-0.1, -0.05) is 23.9 Å². The number of carbonyl (C=O) groups excluding carboxylic acids is 1. The SMILES string of the molecule is CC(C)(C)n1ncc2c(=O)n3c(nc21)SCC3CC(=O)Nc1ccccc1C#N. The summed E-state index contributed by atoms with van der Waals surface area (Å²) in [6.45, 7) is 6.02. The van der Waals surface area contributed by atoms with E-state index in [9.17, 15) is 14.9 Å². The van der Waals surface area contributed by atoms with Crippen LogP contribution in [0.5, 0.6) is 0 Å². The van der Waals surface area contributed by atoms with Gasteiger partial charge < -0.3 is 5.32 Å². The van der Waals surface area contributed by atoms with Crippen LogP contribution >= 0.6 is 11.8 Å². The molecule has 0 saturated heterocycles. The number of rotatable bonds is 3. The van der Waals surface area contributed by atoms with Crippen molar-refractivity contribution in [2.24, 2.45) is 0 Å². The van der Waals surface area contributed by atoms with Crippen molar-refractivity contribution in [3.63, 3.8) is 0 Å². The summed E-state index contributed by atoms with van der Waals surface area (Å²) in [5.74, 6) is 0.342. The van der Waals surface area contributed by atoms with Crippen LogP contribution in [0, 0.1) is 11.3 Å². The molecular formula is C20H20N6O2S. The Hall–Kier alpha value is -3.12. The van der Waals surface area contributed by atoms with Gasteiger partial charge in [0.15, 0.2) is 10.8 Å². The predicted octanol–water partition coefficient (Wildman–Crippen LogP) is 2.90. The van der Waals surface area contributed by atoms with Gasteiger partial charge in [0.25, 0.3) is 5.56 Å². The maximum Gasteiger partial charge on any atom is 0.265 e. The number of fused-ring (bicyclic) bond motifs is 2. The first-order chi connectivity index (χ1) is 13.8. The number of hydrogen-bond donors (Lipinski definition) is 1. The van der Waals surface area contributed by atoms with Gasteiger partial charge in [-0.05, 0) is 32.9 Å². The van der Waals surface area contributed by atoms with Crippen LogP contribution in [0.15, 0.2) is 40.4 Å². The summed E-state index contributed by atoms with van der Waals surface area (Å²) in [7, 11) is 0. The molecule has 1 aromatic carbocycles. The summed E-state index contributed by atoms with van der Waals surface area (Å²) in [5, 5.41) is 17.4. The van der Waals surface area contributed by atoms with Gasteiger partial charge in [0, 0.05) is 12.2 Å². The number of benzene rings is 1. The molecule has 9 heteroatoms. The Bertz CT molecular complexity index is 1210. The number of nitrogens with one attached hydrogen (secondary N) is 1. The van der Waals surface area contributed by atoms with Gasteiger partial charge in [0.2, 0.25) is 5.91 Å². The van der Waals surface area contributed by atoms with E-state index in [1.165, 1.54) is 11.8 Å². The average molecular weight is 408 g/mol. The molecule has 8 nitrogen and oxygen atoms in total. The summed E-state index contributed by atoms with van der Waals surface area (Å²) < 4.78 is 3.35. The van der Waals surface area contributed by atoms with Gasteiger partial charge >= 0.3 is 0 Å². The van der Waals surface area contributed by atoms with Gasteiger partial charge in [-0.15, -0.1) is 0 Å². The fourth-order valence-electron chi connectivity index (χ4n) is 3.38. The Balaban J connectivity index is 1.63. The Kier molecular flexibility index (Phi) is 4.67. The van der Waals surface area contributed by atoms with E-state index in [1.807, 2.05) is 20.8 Å². The van der Waals surface area contributed by atoms with Crippen molar-refractivity contribution in [2.75, 3.05) is 11.1 Å². The molecule has 1 amide bonds. The smallest absolute Gasteiger partial charge is 0.265 e. The van der Waals surface area contributed by atoms with E-state index in [4.69, 9.17) is 0 Å². The van der Waals surface area contributed by atoms with E-state index >= 15 is 0 Å². The Labute approximate surface area is 171 Å². The molecule has 29 heavy (non-hydrogen) atoms. The second-order valence-corrected chi connectivity index (χ2v) is 8.90. The van der Waals surface area contributed by atoms with E-state index in [-0.39, 0.29) is 29.5 Å². The van der Waals surface area contributed by atoms with Crippen LogP contribution in [0.2, 0.25) is 0 Å². The third-order valence-electron chi connectivity index (χ3n) is 4.75. The molecule has 0 aliphatic carbocycles. The monoisotopic (exact) mass is 408 g/mol. The van der Waals surface area contributed by atoms with Gasteiger partial charge in [0.05, 0.1) is 29.0 Å². The molecule has 0 fully saturated rings. The van der Waals surface area contributed by atoms with Crippen molar-refractivity contribution in [3.05, 3.63) is 46.4 Å². The molecule has 1 aliphatic heterocycles. The fraction of sp³-hybridized carbons (Fsp3) is 0.350. The highest BCUT2D eigenvalue weighted by molar-refractivity contribution is 7.99. The van der Waals surface area contributed by atoms with Crippen molar-refractivity contribution in [3.8, 4) is 6.07 Å². The first-order valence-corrected chi connectivity index (χ1v) is 10.2. The molecule has 3 aromatic rings. The van der Waals surface area contributed by atoms with Gasteiger partial charge in [-0.2, -0.15) is 10.4 Å². The molecule has 3 heterocycles. The minimum Gasteiger partial charge on any atom is -0.325 e. The number of carbonyl (C=O) groups is 1. The number of para-hydroxylation sites is 1. The molecule has 4 rings (SSSR count). The van der Waals surface area contributed by atoms with Crippen molar-refractivity contribution < 1.29 is 4.79 Å². The van der Waals surface area contributed by atoms with Crippen LogP contribution in [0.4, 0.5) is 5.69 Å². The van der Waals surface area contributed by atoms with Gasteiger partial charge in [0.1, 0.15) is 11.5 Å². The highest BCUT2D eigenvalue weighted by Crippen LogP contribution is 2.34. The molecule has 0 saturated carbocycles. The summed E-state index contributed by atoms with van der Waals surface area (Å²) >= 11 is 1.46. The van der Waals surface area contributed by atoms with Crippen molar-refractivity contribution in [1.82, 2.24) is 19.3 Å². The molecule has 0 spiro atoms. The number of hydrogen-bond acceptors (Lipinski definition) is 6. The Morgan fingerprint density at radius 1 is 1.38 bits per heavy atom. The highest BCUT2D eigenvalue weighted by Gasteiger charge is 2.30. The first kappa shape index (κ1) is 19.2. The minimum atomic E-state index is -0.299. The minimum absolute atomic E-state index is 0.125. The van der Waals surface area contributed by atoms with Crippen LogP contribution in [0.3, 0.4) is 0 Å². The van der Waals surface area contributed by atoms with Crippen LogP contribution in [0.25, 0.3) is 11.0 Å². The summed E-state index contributed by atoms with van der Waals surface area (Å²) in [4.78, 5) is 30.3. The first-order valence-electron chi connectivity index (χ1n) is 9.22. The number of thioether (sulfide) groups is 1. The van der Waals surface area contributed by atoms with Gasteiger partial charge in [-0.3, -0.25) is 14.2 Å². The zero-order valence-corrected chi connectivity index (χ0v) is 17.2. The van der Waals surface area contributed by atoms with Crippen molar-refractivity contribution >= 4 is 34.4 Å². The lowest BCUT2D eigenvalue weighted by molar-refractivity contribution is -0.116. The number of anilines is 1. The standard InChI is InChI=1S/C20H20N6O2S/c1-20(2,3)26-17-14(10-22-26)18(28)25-13(11-29-19(25)24-17)8-16(27)23-15-7-5-4-6-12(15)9-21/h4-7,10,13H,8,11H2,1-3H3,(H,23,27). The normalized spacial score (nSPS) is 15.9.